The Labute approximate surface area is 103 Å². The maximum Gasteiger partial charge on any atom is 0.237 e. The quantitative estimate of drug-likeness (QED) is 0.807. The molecule has 0 radical (unpaired) electrons. The molecule has 4 nitrogen and oxygen atoms in total. The SMILES string of the molecule is N#Cc1cccnc1Oc1cccc(F)c1C#N. The van der Waals surface area contributed by atoms with Gasteiger partial charge in [0.2, 0.25) is 5.88 Å². The van der Waals surface area contributed by atoms with E-state index < -0.39 is 5.82 Å². The van der Waals surface area contributed by atoms with E-state index in [1.54, 1.807) is 12.1 Å². The van der Waals surface area contributed by atoms with Crippen LogP contribution in [0.5, 0.6) is 11.6 Å². The molecule has 1 aromatic carbocycles. The van der Waals surface area contributed by atoms with Crippen molar-refractivity contribution < 1.29 is 9.13 Å². The third-order valence-electron chi connectivity index (χ3n) is 2.19. The van der Waals surface area contributed by atoms with Gasteiger partial charge < -0.3 is 4.74 Å². The van der Waals surface area contributed by atoms with Crippen molar-refractivity contribution in [1.29, 1.82) is 10.5 Å². The first kappa shape index (κ1) is 11.6. The van der Waals surface area contributed by atoms with Crippen LogP contribution in [-0.4, -0.2) is 4.98 Å². The molecule has 1 aromatic heterocycles. The van der Waals surface area contributed by atoms with Crippen molar-refractivity contribution >= 4 is 0 Å². The molecule has 0 bridgehead atoms. The Kier molecular flexibility index (Phi) is 3.17. The zero-order valence-corrected chi connectivity index (χ0v) is 9.09. The Morgan fingerprint density at radius 3 is 2.67 bits per heavy atom. The molecule has 0 N–H and O–H groups in total. The fourth-order valence-electron chi connectivity index (χ4n) is 1.36. The number of benzene rings is 1. The minimum atomic E-state index is -0.676. The first-order valence-corrected chi connectivity index (χ1v) is 4.98. The molecule has 0 spiro atoms. The number of halogens is 1. The van der Waals surface area contributed by atoms with Crippen LogP contribution in [-0.2, 0) is 0 Å². The molecule has 2 rings (SSSR count). The van der Waals surface area contributed by atoms with Crippen LogP contribution in [0.1, 0.15) is 11.1 Å². The van der Waals surface area contributed by atoms with Gasteiger partial charge in [0, 0.05) is 6.20 Å². The number of nitrogens with zero attached hydrogens (tertiary/aromatic N) is 3. The molecular formula is C13H6FN3O. The molecule has 0 atom stereocenters. The maximum absolute atomic E-state index is 13.3. The summed E-state index contributed by atoms with van der Waals surface area (Å²) >= 11 is 0. The van der Waals surface area contributed by atoms with Gasteiger partial charge in [-0.2, -0.15) is 10.5 Å². The summed E-state index contributed by atoms with van der Waals surface area (Å²) in [5.41, 5.74) is -0.00214. The standard InChI is InChI=1S/C13H6FN3O/c14-11-4-1-5-12(10(11)8-16)18-13-9(7-15)3-2-6-17-13/h1-6H. The highest BCUT2D eigenvalue weighted by molar-refractivity contribution is 5.47. The second-order valence-corrected chi connectivity index (χ2v) is 3.29. The number of aromatic nitrogens is 1. The lowest BCUT2D eigenvalue weighted by Crippen LogP contribution is -1.95. The maximum atomic E-state index is 13.3. The highest BCUT2D eigenvalue weighted by Gasteiger charge is 2.12. The van der Waals surface area contributed by atoms with Crippen LogP contribution in [0.3, 0.4) is 0 Å². The number of rotatable bonds is 2. The number of nitriles is 2. The zero-order chi connectivity index (χ0) is 13.0. The van der Waals surface area contributed by atoms with Crippen molar-refractivity contribution in [2.45, 2.75) is 0 Å². The van der Waals surface area contributed by atoms with Crippen molar-refractivity contribution in [3.63, 3.8) is 0 Å². The summed E-state index contributed by atoms with van der Waals surface area (Å²) in [4.78, 5) is 3.87. The smallest absolute Gasteiger partial charge is 0.237 e. The molecular weight excluding hydrogens is 233 g/mol. The van der Waals surface area contributed by atoms with Crippen LogP contribution < -0.4 is 4.74 Å². The van der Waals surface area contributed by atoms with Gasteiger partial charge in [-0.1, -0.05) is 6.07 Å². The van der Waals surface area contributed by atoms with Crippen molar-refractivity contribution in [2.75, 3.05) is 0 Å². The summed E-state index contributed by atoms with van der Waals surface area (Å²) < 4.78 is 18.7. The van der Waals surface area contributed by atoms with E-state index in [0.717, 1.165) is 6.07 Å². The lowest BCUT2D eigenvalue weighted by Gasteiger charge is -2.07. The summed E-state index contributed by atoms with van der Waals surface area (Å²) in [6.07, 6.45) is 1.45. The van der Waals surface area contributed by atoms with Crippen LogP contribution >= 0.6 is 0 Å². The lowest BCUT2D eigenvalue weighted by atomic mass is 10.2. The summed E-state index contributed by atoms with van der Waals surface area (Å²) in [6.45, 7) is 0. The average molecular weight is 239 g/mol. The molecule has 0 saturated carbocycles. The summed E-state index contributed by atoms with van der Waals surface area (Å²) in [7, 11) is 0. The Morgan fingerprint density at radius 1 is 1.11 bits per heavy atom. The first-order chi connectivity index (χ1) is 8.76. The largest absolute Gasteiger partial charge is 0.436 e. The number of hydrogen-bond acceptors (Lipinski definition) is 4. The van der Waals surface area contributed by atoms with Crippen molar-refractivity contribution in [2.24, 2.45) is 0 Å². The minimum absolute atomic E-state index is 0.0349. The van der Waals surface area contributed by atoms with Gasteiger partial charge >= 0.3 is 0 Å². The minimum Gasteiger partial charge on any atom is -0.436 e. The van der Waals surface area contributed by atoms with E-state index in [0.29, 0.717) is 0 Å². The Hall–Kier alpha value is -2.92. The number of pyridine rings is 1. The first-order valence-electron chi connectivity index (χ1n) is 4.98. The van der Waals surface area contributed by atoms with E-state index in [1.807, 2.05) is 6.07 Å². The highest BCUT2D eigenvalue weighted by Crippen LogP contribution is 2.26. The van der Waals surface area contributed by atoms with E-state index >= 15 is 0 Å². The summed E-state index contributed by atoms with van der Waals surface area (Å²) in [6, 6.07) is 10.7. The van der Waals surface area contributed by atoms with Gasteiger partial charge in [0.1, 0.15) is 34.8 Å². The van der Waals surface area contributed by atoms with Gasteiger partial charge in [-0.3, -0.25) is 0 Å². The fourth-order valence-corrected chi connectivity index (χ4v) is 1.36. The Bertz CT molecular complexity index is 671. The molecule has 5 heteroatoms. The molecule has 0 aliphatic heterocycles. The molecule has 0 saturated heterocycles. The van der Waals surface area contributed by atoms with Crippen molar-refractivity contribution in [3.8, 4) is 23.8 Å². The molecule has 18 heavy (non-hydrogen) atoms. The van der Waals surface area contributed by atoms with Gasteiger partial charge in [-0.15, -0.1) is 0 Å². The Balaban J connectivity index is 2.45. The monoisotopic (exact) mass is 239 g/mol. The normalized spacial score (nSPS) is 9.28. The van der Waals surface area contributed by atoms with Gasteiger partial charge in [-0.05, 0) is 24.3 Å². The molecule has 0 amide bonds. The van der Waals surface area contributed by atoms with Crippen molar-refractivity contribution in [3.05, 3.63) is 53.5 Å². The fraction of sp³-hybridized carbons (Fsp3) is 0. The van der Waals surface area contributed by atoms with Crippen LogP contribution in [0, 0.1) is 28.5 Å². The van der Waals surface area contributed by atoms with Gasteiger partial charge in [0.05, 0.1) is 0 Å². The third kappa shape index (κ3) is 2.11. The second kappa shape index (κ2) is 4.94. The van der Waals surface area contributed by atoms with Gasteiger partial charge in [0.15, 0.2) is 0 Å². The molecule has 0 aliphatic carbocycles. The molecule has 0 unspecified atom stereocenters. The van der Waals surface area contributed by atoms with Crippen LogP contribution in [0.15, 0.2) is 36.5 Å². The van der Waals surface area contributed by atoms with Crippen LogP contribution in [0.25, 0.3) is 0 Å². The van der Waals surface area contributed by atoms with Gasteiger partial charge in [-0.25, -0.2) is 9.37 Å². The highest BCUT2D eigenvalue weighted by atomic mass is 19.1. The predicted molar refractivity (Wildman–Crippen MR) is 60.1 cm³/mol. The van der Waals surface area contributed by atoms with Crippen molar-refractivity contribution in [1.82, 2.24) is 4.98 Å². The van der Waals surface area contributed by atoms with E-state index in [2.05, 4.69) is 4.98 Å². The second-order valence-electron chi connectivity index (χ2n) is 3.29. The van der Waals surface area contributed by atoms with Crippen LogP contribution in [0.4, 0.5) is 4.39 Å². The summed E-state index contributed by atoms with van der Waals surface area (Å²) in [5, 5.41) is 17.7. The third-order valence-corrected chi connectivity index (χ3v) is 2.19. The lowest BCUT2D eigenvalue weighted by molar-refractivity contribution is 0.454. The number of hydrogen-bond donors (Lipinski definition) is 0. The topological polar surface area (TPSA) is 69.7 Å². The van der Waals surface area contributed by atoms with E-state index in [4.69, 9.17) is 15.3 Å². The van der Waals surface area contributed by atoms with E-state index in [9.17, 15) is 4.39 Å². The zero-order valence-electron chi connectivity index (χ0n) is 9.09. The molecule has 0 aliphatic rings. The summed E-state index contributed by atoms with van der Waals surface area (Å²) in [5.74, 6) is -0.598. The Morgan fingerprint density at radius 2 is 1.94 bits per heavy atom. The predicted octanol–water partition coefficient (Wildman–Crippen LogP) is 2.76. The van der Waals surface area contributed by atoms with Crippen LogP contribution in [0.2, 0.25) is 0 Å². The molecule has 0 fully saturated rings. The van der Waals surface area contributed by atoms with E-state index in [-0.39, 0.29) is 22.8 Å². The molecule has 86 valence electrons. The number of ether oxygens (including phenoxy) is 1. The van der Waals surface area contributed by atoms with E-state index in [1.165, 1.54) is 24.4 Å². The van der Waals surface area contributed by atoms with Gasteiger partial charge in [0.25, 0.3) is 0 Å². The average Bonchev–Trinajstić information content (AvgIpc) is 2.40. The molecule has 1 heterocycles. The molecule has 2 aromatic rings.